The van der Waals surface area contributed by atoms with E-state index in [9.17, 15) is 5.11 Å². The maximum absolute atomic E-state index is 9.79. The number of hydrogen-bond donors (Lipinski definition) is 2. The molecule has 1 aromatic carbocycles. The van der Waals surface area contributed by atoms with Crippen LogP contribution in [0.25, 0.3) is 11.3 Å². The normalized spacial score (nSPS) is 10.3. The molecule has 0 fully saturated rings. The lowest BCUT2D eigenvalue weighted by atomic mass is 10.1. The first kappa shape index (κ1) is 11.7. The summed E-state index contributed by atoms with van der Waals surface area (Å²) in [5.41, 5.74) is 1.48. The first-order valence-electron chi connectivity index (χ1n) is 5.75. The zero-order valence-electron chi connectivity index (χ0n) is 9.95. The highest BCUT2D eigenvalue weighted by molar-refractivity contribution is 7.14. The van der Waals surface area contributed by atoms with Crippen LogP contribution in [0.2, 0.25) is 0 Å². The molecule has 0 aliphatic rings. The number of para-hydroxylation sites is 1. The third-order valence-corrected chi connectivity index (χ3v) is 3.34. The molecule has 94 valence electrons. The van der Waals surface area contributed by atoms with Gasteiger partial charge in [-0.05, 0) is 24.3 Å². The molecule has 0 unspecified atom stereocenters. The highest BCUT2D eigenvalue weighted by atomic mass is 32.1. The van der Waals surface area contributed by atoms with Gasteiger partial charge in [0.25, 0.3) is 0 Å². The summed E-state index contributed by atoms with van der Waals surface area (Å²) in [6, 6.07) is 12.8. The number of hydrogen-bond acceptors (Lipinski definition) is 5. The lowest BCUT2D eigenvalue weighted by Crippen LogP contribution is -1.91. The molecule has 0 radical (unpaired) electrons. The van der Waals surface area contributed by atoms with Crippen LogP contribution in [0.4, 0.5) is 10.9 Å². The first-order valence-corrected chi connectivity index (χ1v) is 6.63. The number of aromatic hydroxyl groups is 1. The van der Waals surface area contributed by atoms with Crippen LogP contribution in [0.5, 0.6) is 5.75 Å². The molecule has 19 heavy (non-hydrogen) atoms. The second kappa shape index (κ2) is 5.07. The van der Waals surface area contributed by atoms with Crippen molar-refractivity contribution in [2.45, 2.75) is 0 Å². The molecular formula is C14H11N3OS. The van der Waals surface area contributed by atoms with Crippen LogP contribution in [0.15, 0.2) is 54.0 Å². The molecule has 0 saturated carbocycles. The van der Waals surface area contributed by atoms with E-state index in [1.54, 1.807) is 18.3 Å². The molecule has 0 atom stereocenters. The molecule has 0 bridgehead atoms. The molecule has 2 N–H and O–H groups in total. The minimum Gasteiger partial charge on any atom is -0.507 e. The number of thiazole rings is 1. The predicted octanol–water partition coefficient (Wildman–Crippen LogP) is 3.65. The summed E-state index contributed by atoms with van der Waals surface area (Å²) < 4.78 is 0. The molecule has 0 saturated heterocycles. The maximum atomic E-state index is 9.79. The van der Waals surface area contributed by atoms with E-state index in [1.165, 1.54) is 11.3 Å². The van der Waals surface area contributed by atoms with Crippen molar-refractivity contribution >= 4 is 22.3 Å². The van der Waals surface area contributed by atoms with Crippen LogP contribution in [0.1, 0.15) is 0 Å². The summed E-state index contributed by atoms with van der Waals surface area (Å²) in [7, 11) is 0. The second-order valence-electron chi connectivity index (χ2n) is 3.90. The van der Waals surface area contributed by atoms with Crippen LogP contribution in [0.3, 0.4) is 0 Å². The summed E-state index contributed by atoms with van der Waals surface area (Å²) >= 11 is 1.47. The lowest BCUT2D eigenvalue weighted by molar-refractivity contribution is 0.477. The molecular weight excluding hydrogens is 258 g/mol. The Hall–Kier alpha value is -2.40. The van der Waals surface area contributed by atoms with E-state index in [0.29, 0.717) is 0 Å². The number of pyridine rings is 1. The fourth-order valence-electron chi connectivity index (χ4n) is 1.69. The molecule has 0 aliphatic carbocycles. The SMILES string of the molecule is Oc1ccccc1-c1csc(Nc2ccccn2)n1. The number of aromatic nitrogens is 2. The van der Waals surface area contributed by atoms with Gasteiger partial charge in [0.1, 0.15) is 11.6 Å². The first-order chi connectivity index (χ1) is 9.33. The third kappa shape index (κ3) is 2.56. The van der Waals surface area contributed by atoms with Gasteiger partial charge < -0.3 is 10.4 Å². The van der Waals surface area contributed by atoms with Crippen LogP contribution in [0, 0.1) is 0 Å². The average Bonchev–Trinajstić information content (AvgIpc) is 2.89. The van der Waals surface area contributed by atoms with Gasteiger partial charge >= 0.3 is 0 Å². The van der Waals surface area contributed by atoms with Gasteiger partial charge in [-0.15, -0.1) is 11.3 Å². The van der Waals surface area contributed by atoms with E-state index in [1.807, 2.05) is 35.7 Å². The van der Waals surface area contributed by atoms with Gasteiger partial charge in [-0.1, -0.05) is 18.2 Å². The zero-order valence-corrected chi connectivity index (χ0v) is 10.8. The lowest BCUT2D eigenvalue weighted by Gasteiger charge is -2.01. The maximum Gasteiger partial charge on any atom is 0.188 e. The fraction of sp³-hybridized carbons (Fsp3) is 0. The number of rotatable bonds is 3. The third-order valence-electron chi connectivity index (χ3n) is 2.58. The standard InChI is InChI=1S/C14H11N3OS/c18-12-6-2-1-5-10(12)11-9-19-14(16-11)17-13-7-3-4-8-15-13/h1-9,18H,(H,15,16,17). The molecule has 2 heterocycles. The number of nitrogens with zero attached hydrogens (tertiary/aromatic N) is 2. The number of phenolic OH excluding ortho intramolecular Hbond substituents is 1. The summed E-state index contributed by atoms with van der Waals surface area (Å²) in [6.07, 6.45) is 1.72. The molecule has 5 heteroatoms. The second-order valence-corrected chi connectivity index (χ2v) is 4.75. The van der Waals surface area contributed by atoms with Crippen LogP contribution < -0.4 is 5.32 Å². The van der Waals surface area contributed by atoms with E-state index in [0.717, 1.165) is 22.2 Å². The van der Waals surface area contributed by atoms with E-state index >= 15 is 0 Å². The van der Waals surface area contributed by atoms with Crippen molar-refractivity contribution in [2.75, 3.05) is 5.32 Å². The molecule has 0 aliphatic heterocycles. The Labute approximate surface area is 114 Å². The Bertz CT molecular complexity index is 682. The van der Waals surface area contributed by atoms with Crippen LogP contribution >= 0.6 is 11.3 Å². The molecule has 3 rings (SSSR count). The number of phenols is 1. The minimum absolute atomic E-state index is 0.234. The van der Waals surface area contributed by atoms with Crippen molar-refractivity contribution in [2.24, 2.45) is 0 Å². The Morgan fingerprint density at radius 1 is 1.05 bits per heavy atom. The van der Waals surface area contributed by atoms with E-state index in [4.69, 9.17) is 0 Å². The Kier molecular flexibility index (Phi) is 3.12. The van der Waals surface area contributed by atoms with Gasteiger partial charge in [-0.3, -0.25) is 0 Å². The van der Waals surface area contributed by atoms with Gasteiger partial charge in [0.05, 0.1) is 5.69 Å². The Balaban J connectivity index is 1.86. The quantitative estimate of drug-likeness (QED) is 0.762. The average molecular weight is 269 g/mol. The molecule has 0 amide bonds. The van der Waals surface area contributed by atoms with E-state index in [-0.39, 0.29) is 5.75 Å². The summed E-state index contributed by atoms with van der Waals surface area (Å²) in [6.45, 7) is 0. The van der Waals surface area contributed by atoms with Crippen molar-refractivity contribution < 1.29 is 5.11 Å². The van der Waals surface area contributed by atoms with Gasteiger partial charge in [0.2, 0.25) is 0 Å². The van der Waals surface area contributed by atoms with Gasteiger partial charge in [-0.2, -0.15) is 0 Å². The number of anilines is 2. The van der Waals surface area contributed by atoms with Gasteiger partial charge in [0, 0.05) is 17.1 Å². The van der Waals surface area contributed by atoms with Crippen molar-refractivity contribution in [3.8, 4) is 17.0 Å². The number of benzene rings is 1. The largest absolute Gasteiger partial charge is 0.507 e. The van der Waals surface area contributed by atoms with Crippen molar-refractivity contribution in [3.63, 3.8) is 0 Å². The summed E-state index contributed by atoms with van der Waals surface area (Å²) in [4.78, 5) is 8.62. The molecule has 2 aromatic heterocycles. The zero-order chi connectivity index (χ0) is 13.1. The van der Waals surface area contributed by atoms with Gasteiger partial charge in [-0.25, -0.2) is 9.97 Å². The Morgan fingerprint density at radius 2 is 1.89 bits per heavy atom. The summed E-state index contributed by atoms with van der Waals surface area (Å²) in [5, 5.41) is 15.6. The van der Waals surface area contributed by atoms with Crippen LogP contribution in [-0.4, -0.2) is 15.1 Å². The highest BCUT2D eigenvalue weighted by Crippen LogP contribution is 2.31. The summed E-state index contributed by atoms with van der Waals surface area (Å²) in [5.74, 6) is 0.984. The van der Waals surface area contributed by atoms with Crippen LogP contribution in [-0.2, 0) is 0 Å². The van der Waals surface area contributed by atoms with Crippen molar-refractivity contribution in [1.82, 2.24) is 9.97 Å². The predicted molar refractivity (Wildman–Crippen MR) is 76.7 cm³/mol. The topological polar surface area (TPSA) is 58.0 Å². The number of nitrogens with one attached hydrogen (secondary N) is 1. The van der Waals surface area contributed by atoms with E-state index < -0.39 is 0 Å². The monoisotopic (exact) mass is 269 g/mol. The highest BCUT2D eigenvalue weighted by Gasteiger charge is 2.08. The molecule has 3 aromatic rings. The van der Waals surface area contributed by atoms with Gasteiger partial charge in [0.15, 0.2) is 5.13 Å². The molecule has 0 spiro atoms. The van der Waals surface area contributed by atoms with Crippen molar-refractivity contribution in [3.05, 3.63) is 54.0 Å². The Morgan fingerprint density at radius 3 is 2.68 bits per heavy atom. The smallest absolute Gasteiger partial charge is 0.188 e. The minimum atomic E-state index is 0.234. The fourth-order valence-corrected chi connectivity index (χ4v) is 2.41. The van der Waals surface area contributed by atoms with Crippen molar-refractivity contribution in [1.29, 1.82) is 0 Å². The van der Waals surface area contributed by atoms with E-state index in [2.05, 4.69) is 15.3 Å². The molecule has 4 nitrogen and oxygen atoms in total.